The third-order valence-corrected chi connectivity index (χ3v) is 6.73. The number of likely N-dealkylation sites (tertiary alicyclic amines) is 1. The lowest BCUT2D eigenvalue weighted by molar-refractivity contribution is -0.123. The van der Waals surface area contributed by atoms with Crippen molar-refractivity contribution >= 4 is 23.2 Å². The van der Waals surface area contributed by atoms with Gasteiger partial charge in [-0.1, -0.05) is 18.9 Å². The Morgan fingerprint density at radius 3 is 2.76 bits per heavy atom. The van der Waals surface area contributed by atoms with E-state index >= 15 is 0 Å². The number of pyridine rings is 1. The van der Waals surface area contributed by atoms with Crippen LogP contribution in [0, 0.1) is 11.8 Å². The van der Waals surface area contributed by atoms with Crippen LogP contribution in [-0.4, -0.2) is 39.8 Å². The van der Waals surface area contributed by atoms with Crippen LogP contribution >= 0.6 is 11.3 Å². The fourth-order valence-electron chi connectivity index (χ4n) is 4.65. The summed E-state index contributed by atoms with van der Waals surface area (Å²) in [6.07, 6.45) is 9.02. The predicted molar refractivity (Wildman–Crippen MR) is 112 cm³/mol. The van der Waals surface area contributed by atoms with Gasteiger partial charge in [0.15, 0.2) is 0 Å². The van der Waals surface area contributed by atoms with E-state index in [1.165, 1.54) is 24.2 Å². The van der Waals surface area contributed by atoms with Crippen molar-refractivity contribution in [3.63, 3.8) is 0 Å². The summed E-state index contributed by atoms with van der Waals surface area (Å²) in [5, 5.41) is 5.07. The highest BCUT2D eigenvalue weighted by atomic mass is 32.1. The van der Waals surface area contributed by atoms with E-state index in [9.17, 15) is 9.59 Å². The quantitative estimate of drug-likeness (QED) is 0.782. The maximum atomic E-state index is 12.8. The molecule has 1 saturated carbocycles. The zero-order valence-electron chi connectivity index (χ0n) is 16.6. The van der Waals surface area contributed by atoms with Gasteiger partial charge in [-0.25, -0.2) is 4.98 Å². The number of rotatable bonds is 6. The minimum Gasteiger partial charge on any atom is -0.347 e. The van der Waals surface area contributed by atoms with Crippen LogP contribution in [0.25, 0.3) is 0 Å². The van der Waals surface area contributed by atoms with Gasteiger partial charge in [-0.05, 0) is 43.7 Å². The second-order valence-electron chi connectivity index (χ2n) is 8.18. The molecule has 2 fully saturated rings. The van der Waals surface area contributed by atoms with Crippen LogP contribution in [0.15, 0.2) is 35.3 Å². The summed E-state index contributed by atoms with van der Waals surface area (Å²) in [5.74, 6) is 0.741. The molecule has 7 heteroatoms. The zero-order valence-corrected chi connectivity index (χ0v) is 17.4. The Kier molecular flexibility index (Phi) is 6.54. The smallest absolute Gasteiger partial charge is 0.273 e. The van der Waals surface area contributed by atoms with Crippen LogP contribution < -0.4 is 5.32 Å². The van der Waals surface area contributed by atoms with E-state index in [0.717, 1.165) is 37.9 Å². The molecule has 154 valence electrons. The molecule has 2 aromatic heterocycles. The van der Waals surface area contributed by atoms with Gasteiger partial charge in [0, 0.05) is 37.0 Å². The summed E-state index contributed by atoms with van der Waals surface area (Å²) in [6.45, 7) is 1.35. The van der Waals surface area contributed by atoms with Gasteiger partial charge in [0.25, 0.3) is 5.91 Å². The fraction of sp³-hybridized carbons (Fsp3) is 0.545. The highest BCUT2D eigenvalue weighted by Gasteiger charge is 2.33. The van der Waals surface area contributed by atoms with E-state index in [0.29, 0.717) is 24.6 Å². The normalized spacial score (nSPS) is 21.1. The highest BCUT2D eigenvalue weighted by molar-refractivity contribution is 7.07. The van der Waals surface area contributed by atoms with E-state index in [2.05, 4.69) is 15.3 Å². The fourth-order valence-corrected chi connectivity index (χ4v) is 5.17. The molecule has 0 radical (unpaired) electrons. The summed E-state index contributed by atoms with van der Waals surface area (Å²) in [6, 6.07) is 5.65. The molecule has 1 N–H and O–H groups in total. The van der Waals surface area contributed by atoms with Crippen molar-refractivity contribution in [2.45, 2.75) is 51.0 Å². The molecule has 0 unspecified atom stereocenters. The maximum absolute atomic E-state index is 12.8. The van der Waals surface area contributed by atoms with Crippen molar-refractivity contribution in [3.05, 3.63) is 46.7 Å². The third kappa shape index (κ3) is 5.01. The maximum Gasteiger partial charge on any atom is 0.273 e. The van der Waals surface area contributed by atoms with Crippen LogP contribution in [0.1, 0.15) is 67.2 Å². The zero-order chi connectivity index (χ0) is 20.1. The van der Waals surface area contributed by atoms with E-state index < -0.39 is 0 Å². The number of carbonyl (C=O) groups excluding carboxylic acids is 2. The largest absolute Gasteiger partial charge is 0.347 e. The lowest BCUT2D eigenvalue weighted by Crippen LogP contribution is -2.45. The van der Waals surface area contributed by atoms with Gasteiger partial charge in [-0.3, -0.25) is 14.6 Å². The number of hydrogen-bond acceptors (Lipinski definition) is 5. The van der Waals surface area contributed by atoms with Crippen molar-refractivity contribution in [2.75, 3.05) is 13.1 Å². The molecule has 1 aliphatic heterocycles. The van der Waals surface area contributed by atoms with Crippen LogP contribution in [0.3, 0.4) is 0 Å². The van der Waals surface area contributed by atoms with Crippen molar-refractivity contribution in [3.8, 4) is 0 Å². The van der Waals surface area contributed by atoms with E-state index in [1.807, 2.05) is 23.1 Å². The molecule has 6 nitrogen and oxygen atoms in total. The Morgan fingerprint density at radius 2 is 2.03 bits per heavy atom. The Bertz CT molecular complexity index is 805. The first kappa shape index (κ1) is 20.0. The molecule has 0 bridgehead atoms. The molecule has 2 amide bonds. The Balaban J connectivity index is 1.47. The predicted octanol–water partition coefficient (Wildman–Crippen LogP) is 3.83. The van der Waals surface area contributed by atoms with Gasteiger partial charge in [0.2, 0.25) is 5.91 Å². The Morgan fingerprint density at radius 1 is 1.17 bits per heavy atom. The number of hydrogen-bond donors (Lipinski definition) is 1. The van der Waals surface area contributed by atoms with Gasteiger partial charge >= 0.3 is 0 Å². The first-order valence-corrected chi connectivity index (χ1v) is 11.5. The summed E-state index contributed by atoms with van der Waals surface area (Å²) in [5.41, 5.74) is 3.07. The number of nitrogens with zero attached hydrogens (tertiary/aromatic N) is 3. The van der Waals surface area contributed by atoms with E-state index in [1.54, 1.807) is 17.1 Å². The Labute approximate surface area is 175 Å². The number of piperidine rings is 1. The summed E-state index contributed by atoms with van der Waals surface area (Å²) < 4.78 is 0. The summed E-state index contributed by atoms with van der Waals surface area (Å²) in [7, 11) is 0. The molecule has 29 heavy (non-hydrogen) atoms. The SMILES string of the molecule is O=C(CC1CCCC1)N[C@@H](c1ccccn1)[C@@H]1CCCN(C(=O)c2cscn2)C1. The van der Waals surface area contributed by atoms with Crippen LogP contribution in [0.4, 0.5) is 0 Å². The van der Waals surface area contributed by atoms with Crippen molar-refractivity contribution in [1.29, 1.82) is 0 Å². The molecule has 1 saturated heterocycles. The standard InChI is InChI=1S/C22H28N4O2S/c27-20(12-16-6-1-2-7-16)25-21(18-9-3-4-10-23-18)17-8-5-11-26(13-17)22(28)19-14-29-15-24-19/h3-4,9-10,14-17,21H,1-2,5-8,11-13H2,(H,25,27)/t17-,21-/m1/s1. The van der Waals surface area contributed by atoms with Crippen LogP contribution in [0.5, 0.6) is 0 Å². The van der Waals surface area contributed by atoms with Crippen molar-refractivity contribution in [1.82, 2.24) is 20.2 Å². The lowest BCUT2D eigenvalue weighted by atomic mass is 9.88. The van der Waals surface area contributed by atoms with Crippen LogP contribution in [-0.2, 0) is 4.79 Å². The molecule has 0 spiro atoms. The van der Waals surface area contributed by atoms with Gasteiger partial charge in [0.05, 0.1) is 17.2 Å². The minimum absolute atomic E-state index is 0.0204. The molecule has 2 aromatic rings. The average molecular weight is 413 g/mol. The lowest BCUT2D eigenvalue weighted by Gasteiger charge is -2.37. The molecule has 4 rings (SSSR count). The van der Waals surface area contributed by atoms with Gasteiger partial charge in [-0.15, -0.1) is 11.3 Å². The molecular formula is C22H28N4O2S. The van der Waals surface area contributed by atoms with Crippen LogP contribution in [0.2, 0.25) is 0 Å². The summed E-state index contributed by atoms with van der Waals surface area (Å²) >= 11 is 1.43. The highest BCUT2D eigenvalue weighted by Crippen LogP contribution is 2.31. The second kappa shape index (κ2) is 9.48. The topological polar surface area (TPSA) is 75.2 Å². The second-order valence-corrected chi connectivity index (χ2v) is 8.90. The van der Waals surface area contributed by atoms with Gasteiger partial charge < -0.3 is 10.2 Å². The van der Waals surface area contributed by atoms with Gasteiger partial charge in [-0.2, -0.15) is 0 Å². The molecule has 3 heterocycles. The number of carbonyl (C=O) groups is 2. The number of thiazole rings is 1. The first-order chi connectivity index (χ1) is 14.2. The van der Waals surface area contributed by atoms with Crippen molar-refractivity contribution < 1.29 is 9.59 Å². The third-order valence-electron chi connectivity index (χ3n) is 6.14. The van der Waals surface area contributed by atoms with E-state index in [4.69, 9.17) is 0 Å². The van der Waals surface area contributed by atoms with E-state index in [-0.39, 0.29) is 23.8 Å². The number of amides is 2. The molecule has 2 aliphatic rings. The average Bonchev–Trinajstić information content (AvgIpc) is 3.47. The molecular weight excluding hydrogens is 384 g/mol. The minimum atomic E-state index is -0.170. The van der Waals surface area contributed by atoms with Crippen molar-refractivity contribution in [2.24, 2.45) is 11.8 Å². The van der Waals surface area contributed by atoms with Gasteiger partial charge in [0.1, 0.15) is 5.69 Å². The summed E-state index contributed by atoms with van der Waals surface area (Å²) in [4.78, 5) is 36.2. The number of aromatic nitrogens is 2. The molecule has 2 atom stereocenters. The Hall–Kier alpha value is -2.28. The first-order valence-electron chi connectivity index (χ1n) is 10.6. The monoisotopic (exact) mass is 412 g/mol. The molecule has 0 aromatic carbocycles. The number of nitrogens with one attached hydrogen (secondary N) is 1. The molecule has 1 aliphatic carbocycles.